The third-order valence-electron chi connectivity index (χ3n) is 2.30. The molecule has 0 bridgehead atoms. The first kappa shape index (κ1) is 13.4. The molecule has 1 atom stereocenters. The standard InChI is InChI=1S/C13H17FN2O/c1-3-7-15-9-13(17)16-10(2)11-5-4-6-12(14)8-11/h3-6,8,10,15H,1,7,9H2,2H3,(H,16,17)/t10-/m1/s1. The monoisotopic (exact) mass is 236 g/mol. The normalized spacial score (nSPS) is 11.9. The fourth-order valence-corrected chi connectivity index (χ4v) is 1.44. The lowest BCUT2D eigenvalue weighted by Crippen LogP contribution is -2.35. The molecule has 17 heavy (non-hydrogen) atoms. The molecule has 4 heteroatoms. The summed E-state index contributed by atoms with van der Waals surface area (Å²) < 4.78 is 13.0. The summed E-state index contributed by atoms with van der Waals surface area (Å²) in [6, 6.07) is 6.00. The largest absolute Gasteiger partial charge is 0.348 e. The molecule has 1 aromatic carbocycles. The molecule has 0 aliphatic carbocycles. The van der Waals surface area contributed by atoms with Gasteiger partial charge in [-0.3, -0.25) is 4.79 Å². The van der Waals surface area contributed by atoms with Crippen LogP contribution in [0.1, 0.15) is 18.5 Å². The summed E-state index contributed by atoms with van der Waals surface area (Å²) in [5.41, 5.74) is 0.752. The summed E-state index contributed by atoms with van der Waals surface area (Å²) in [6.45, 7) is 6.17. The van der Waals surface area contributed by atoms with Gasteiger partial charge in [0.15, 0.2) is 0 Å². The van der Waals surface area contributed by atoms with Gasteiger partial charge in [0.25, 0.3) is 0 Å². The smallest absolute Gasteiger partial charge is 0.234 e. The number of rotatable bonds is 6. The number of benzene rings is 1. The van der Waals surface area contributed by atoms with Crippen molar-refractivity contribution in [2.45, 2.75) is 13.0 Å². The van der Waals surface area contributed by atoms with Gasteiger partial charge in [-0.1, -0.05) is 18.2 Å². The van der Waals surface area contributed by atoms with Crippen LogP contribution >= 0.6 is 0 Å². The topological polar surface area (TPSA) is 41.1 Å². The SMILES string of the molecule is C=CCNCC(=O)N[C@H](C)c1cccc(F)c1. The summed E-state index contributed by atoms with van der Waals surface area (Å²) in [5, 5.41) is 5.68. The average Bonchev–Trinajstić information content (AvgIpc) is 2.29. The number of hydrogen-bond acceptors (Lipinski definition) is 2. The zero-order valence-electron chi connectivity index (χ0n) is 9.87. The molecule has 0 aliphatic heterocycles. The van der Waals surface area contributed by atoms with Crippen molar-refractivity contribution in [3.05, 3.63) is 48.3 Å². The van der Waals surface area contributed by atoms with Crippen LogP contribution in [0.4, 0.5) is 4.39 Å². The highest BCUT2D eigenvalue weighted by atomic mass is 19.1. The second-order valence-electron chi connectivity index (χ2n) is 3.76. The van der Waals surface area contributed by atoms with Gasteiger partial charge >= 0.3 is 0 Å². The van der Waals surface area contributed by atoms with Crippen LogP contribution in [0.5, 0.6) is 0 Å². The van der Waals surface area contributed by atoms with E-state index in [1.807, 2.05) is 6.92 Å². The van der Waals surface area contributed by atoms with Crippen molar-refractivity contribution in [3.8, 4) is 0 Å². The average molecular weight is 236 g/mol. The Morgan fingerprint density at radius 2 is 2.35 bits per heavy atom. The van der Waals surface area contributed by atoms with Crippen LogP contribution in [0.2, 0.25) is 0 Å². The Balaban J connectivity index is 2.45. The number of amides is 1. The molecule has 0 saturated heterocycles. The van der Waals surface area contributed by atoms with Crippen LogP contribution in [0.15, 0.2) is 36.9 Å². The van der Waals surface area contributed by atoms with Gasteiger partial charge in [-0.2, -0.15) is 0 Å². The second-order valence-corrected chi connectivity index (χ2v) is 3.76. The molecule has 2 N–H and O–H groups in total. The molecular weight excluding hydrogens is 219 g/mol. The lowest BCUT2D eigenvalue weighted by molar-refractivity contribution is -0.120. The summed E-state index contributed by atoms with van der Waals surface area (Å²) in [5.74, 6) is -0.419. The van der Waals surface area contributed by atoms with Gasteiger partial charge < -0.3 is 10.6 Å². The van der Waals surface area contributed by atoms with Crippen molar-refractivity contribution >= 4 is 5.91 Å². The van der Waals surface area contributed by atoms with E-state index in [-0.39, 0.29) is 24.3 Å². The first-order valence-corrected chi connectivity index (χ1v) is 5.50. The minimum Gasteiger partial charge on any atom is -0.348 e. The Kier molecular flexibility index (Phi) is 5.36. The lowest BCUT2D eigenvalue weighted by Gasteiger charge is -2.14. The molecule has 0 saturated carbocycles. The zero-order valence-corrected chi connectivity index (χ0v) is 9.87. The predicted molar refractivity (Wildman–Crippen MR) is 66.0 cm³/mol. The van der Waals surface area contributed by atoms with Crippen molar-refractivity contribution in [2.24, 2.45) is 0 Å². The molecule has 0 radical (unpaired) electrons. The number of nitrogens with one attached hydrogen (secondary N) is 2. The minimum atomic E-state index is -0.298. The highest BCUT2D eigenvalue weighted by Crippen LogP contribution is 2.12. The lowest BCUT2D eigenvalue weighted by atomic mass is 10.1. The van der Waals surface area contributed by atoms with Gasteiger partial charge in [-0.15, -0.1) is 6.58 Å². The molecule has 0 fully saturated rings. The number of hydrogen-bond donors (Lipinski definition) is 2. The fourth-order valence-electron chi connectivity index (χ4n) is 1.44. The maximum atomic E-state index is 13.0. The van der Waals surface area contributed by atoms with E-state index in [0.717, 1.165) is 5.56 Å². The van der Waals surface area contributed by atoms with E-state index in [1.54, 1.807) is 18.2 Å². The predicted octanol–water partition coefficient (Wildman–Crippen LogP) is 1.78. The van der Waals surface area contributed by atoms with Gasteiger partial charge in [0, 0.05) is 6.54 Å². The van der Waals surface area contributed by atoms with Crippen molar-refractivity contribution in [1.82, 2.24) is 10.6 Å². The highest BCUT2D eigenvalue weighted by molar-refractivity contribution is 5.78. The van der Waals surface area contributed by atoms with Crippen LogP contribution in [0.25, 0.3) is 0 Å². The van der Waals surface area contributed by atoms with E-state index in [0.29, 0.717) is 6.54 Å². The van der Waals surface area contributed by atoms with Gasteiger partial charge in [-0.05, 0) is 24.6 Å². The van der Waals surface area contributed by atoms with Crippen molar-refractivity contribution in [1.29, 1.82) is 0 Å². The van der Waals surface area contributed by atoms with E-state index in [4.69, 9.17) is 0 Å². The fraction of sp³-hybridized carbons (Fsp3) is 0.308. The molecule has 1 rings (SSSR count). The van der Waals surface area contributed by atoms with Crippen LogP contribution in [-0.4, -0.2) is 19.0 Å². The van der Waals surface area contributed by atoms with Crippen molar-refractivity contribution in [2.75, 3.05) is 13.1 Å². The van der Waals surface area contributed by atoms with Crippen LogP contribution in [-0.2, 0) is 4.79 Å². The number of carbonyl (C=O) groups is 1. The van der Waals surface area contributed by atoms with Gasteiger partial charge in [-0.25, -0.2) is 4.39 Å². The van der Waals surface area contributed by atoms with E-state index in [2.05, 4.69) is 17.2 Å². The summed E-state index contributed by atoms with van der Waals surface area (Å²) in [6.07, 6.45) is 1.68. The Bertz CT molecular complexity index is 393. The first-order valence-electron chi connectivity index (χ1n) is 5.50. The third-order valence-corrected chi connectivity index (χ3v) is 2.30. The molecule has 0 aromatic heterocycles. The van der Waals surface area contributed by atoms with E-state index < -0.39 is 0 Å². The van der Waals surface area contributed by atoms with E-state index in [9.17, 15) is 9.18 Å². The Labute approximate surface area is 101 Å². The van der Waals surface area contributed by atoms with Crippen LogP contribution in [0.3, 0.4) is 0 Å². The van der Waals surface area contributed by atoms with Gasteiger partial charge in [0.05, 0.1) is 12.6 Å². The van der Waals surface area contributed by atoms with Crippen molar-refractivity contribution < 1.29 is 9.18 Å². The number of carbonyl (C=O) groups excluding carboxylic acids is 1. The maximum Gasteiger partial charge on any atom is 0.234 e. The molecule has 0 aliphatic rings. The van der Waals surface area contributed by atoms with E-state index in [1.165, 1.54) is 12.1 Å². The van der Waals surface area contributed by atoms with Gasteiger partial charge in [0.2, 0.25) is 5.91 Å². The third kappa shape index (κ3) is 4.78. The minimum absolute atomic E-state index is 0.122. The second kappa shape index (κ2) is 6.81. The van der Waals surface area contributed by atoms with Gasteiger partial charge in [0.1, 0.15) is 5.82 Å². The van der Waals surface area contributed by atoms with Crippen molar-refractivity contribution in [3.63, 3.8) is 0 Å². The van der Waals surface area contributed by atoms with E-state index >= 15 is 0 Å². The molecule has 1 aromatic rings. The van der Waals surface area contributed by atoms with Crippen LogP contribution < -0.4 is 10.6 Å². The number of halogens is 1. The Morgan fingerprint density at radius 1 is 1.59 bits per heavy atom. The molecule has 0 spiro atoms. The molecule has 1 amide bonds. The zero-order chi connectivity index (χ0) is 12.7. The Morgan fingerprint density at radius 3 is 3.00 bits per heavy atom. The molecule has 92 valence electrons. The summed E-state index contributed by atoms with van der Waals surface area (Å²) >= 11 is 0. The summed E-state index contributed by atoms with van der Waals surface area (Å²) in [4.78, 5) is 11.5. The maximum absolute atomic E-state index is 13.0. The summed E-state index contributed by atoms with van der Waals surface area (Å²) in [7, 11) is 0. The first-order chi connectivity index (χ1) is 8.13. The van der Waals surface area contributed by atoms with Crippen LogP contribution in [0, 0.1) is 5.82 Å². The Hall–Kier alpha value is -1.68. The molecular formula is C13H17FN2O. The molecule has 0 unspecified atom stereocenters. The highest BCUT2D eigenvalue weighted by Gasteiger charge is 2.09. The quantitative estimate of drug-likeness (QED) is 0.584. The molecule has 0 heterocycles. The molecule has 3 nitrogen and oxygen atoms in total.